The summed E-state index contributed by atoms with van der Waals surface area (Å²) in [6, 6.07) is 3.79. The molecular weight excluding hydrogens is 382 g/mol. The molecule has 0 atom stereocenters. The number of carbonyl (C=O) groups excluding carboxylic acids is 1. The number of aryl methyl sites for hydroxylation is 3. The molecule has 0 radical (unpaired) electrons. The average Bonchev–Trinajstić information content (AvgIpc) is 2.99. The molecule has 0 spiro atoms. The van der Waals surface area contributed by atoms with Crippen LogP contribution in [0.3, 0.4) is 0 Å². The zero-order valence-corrected chi connectivity index (χ0v) is 18.4. The van der Waals surface area contributed by atoms with E-state index in [-0.39, 0.29) is 12.3 Å². The zero-order chi connectivity index (χ0) is 21.7. The largest absolute Gasteiger partial charge is 0.461 e. The first-order chi connectivity index (χ1) is 14.4. The van der Waals surface area contributed by atoms with E-state index in [0.717, 1.165) is 53.5 Å². The maximum absolute atomic E-state index is 12.5. The molecule has 1 N–H and O–H groups in total. The molecule has 1 amide bonds. The van der Waals surface area contributed by atoms with Gasteiger partial charge in [0.25, 0.3) is 0 Å². The van der Waals surface area contributed by atoms with Crippen LogP contribution in [0.5, 0.6) is 0 Å². The lowest BCUT2D eigenvalue weighted by molar-refractivity contribution is -0.121. The number of carbonyl (C=O) groups is 1. The van der Waals surface area contributed by atoms with Crippen molar-refractivity contribution in [2.45, 2.75) is 59.8 Å². The predicted octanol–water partition coefficient (Wildman–Crippen LogP) is 4.72. The van der Waals surface area contributed by atoms with Gasteiger partial charge in [-0.25, -0.2) is 4.79 Å². The van der Waals surface area contributed by atoms with Crippen LogP contribution < -0.4 is 10.9 Å². The number of furan rings is 1. The summed E-state index contributed by atoms with van der Waals surface area (Å²) in [6.45, 7) is 9.97. The van der Waals surface area contributed by atoms with E-state index in [1.165, 1.54) is 0 Å². The smallest absolute Gasteiger partial charge is 0.339 e. The van der Waals surface area contributed by atoms with Crippen molar-refractivity contribution in [1.29, 1.82) is 0 Å². The monoisotopic (exact) mass is 413 g/mol. The molecule has 2 aromatic heterocycles. The quantitative estimate of drug-likeness (QED) is 0.384. The topological polar surface area (TPSA) is 81.7 Å². The highest BCUT2D eigenvalue weighted by atomic mass is 16.5. The first kappa shape index (κ1) is 22.1. The summed E-state index contributed by atoms with van der Waals surface area (Å²) in [7, 11) is 0. The number of benzene rings is 1. The molecule has 6 heteroatoms. The fourth-order valence-electron chi connectivity index (χ4n) is 3.59. The van der Waals surface area contributed by atoms with Crippen LogP contribution in [0.25, 0.3) is 21.9 Å². The van der Waals surface area contributed by atoms with Gasteiger partial charge in [-0.3, -0.25) is 4.79 Å². The molecule has 0 bridgehead atoms. The predicted molar refractivity (Wildman–Crippen MR) is 118 cm³/mol. The molecule has 3 rings (SSSR count). The van der Waals surface area contributed by atoms with Gasteiger partial charge in [-0.05, 0) is 57.2 Å². The summed E-state index contributed by atoms with van der Waals surface area (Å²) in [6.07, 6.45) is 3.56. The van der Waals surface area contributed by atoms with E-state index in [4.69, 9.17) is 13.6 Å². The van der Waals surface area contributed by atoms with E-state index in [0.29, 0.717) is 36.3 Å². The van der Waals surface area contributed by atoms with Crippen LogP contribution in [0, 0.1) is 20.8 Å². The molecule has 0 saturated carbocycles. The number of fused-ring (bicyclic) bond motifs is 2. The van der Waals surface area contributed by atoms with Gasteiger partial charge < -0.3 is 18.9 Å². The molecule has 3 aromatic rings. The van der Waals surface area contributed by atoms with Crippen molar-refractivity contribution < 1.29 is 18.4 Å². The molecule has 0 fully saturated rings. The molecule has 0 aliphatic heterocycles. The van der Waals surface area contributed by atoms with Gasteiger partial charge in [0.15, 0.2) is 0 Å². The third-order valence-corrected chi connectivity index (χ3v) is 5.61. The number of unbranched alkanes of at least 4 members (excludes halogenated alkanes) is 1. The van der Waals surface area contributed by atoms with Crippen LogP contribution in [0.1, 0.15) is 55.1 Å². The van der Waals surface area contributed by atoms with E-state index >= 15 is 0 Å². The Hall–Kier alpha value is -2.60. The minimum Gasteiger partial charge on any atom is -0.461 e. The highest BCUT2D eigenvalue weighted by Gasteiger charge is 2.16. The fraction of sp³-hybridized carbons (Fsp3) is 0.500. The molecule has 6 nitrogen and oxygen atoms in total. The third kappa shape index (κ3) is 4.93. The molecule has 30 heavy (non-hydrogen) atoms. The van der Waals surface area contributed by atoms with Crippen LogP contribution in [0.4, 0.5) is 0 Å². The Labute approximate surface area is 176 Å². The zero-order valence-electron chi connectivity index (χ0n) is 18.4. The molecule has 162 valence electrons. The summed E-state index contributed by atoms with van der Waals surface area (Å²) >= 11 is 0. The van der Waals surface area contributed by atoms with Crippen LogP contribution in [-0.4, -0.2) is 25.7 Å². The lowest BCUT2D eigenvalue weighted by Gasteiger charge is -2.09. The van der Waals surface area contributed by atoms with Gasteiger partial charge in [0.05, 0.1) is 0 Å². The van der Waals surface area contributed by atoms with E-state index in [2.05, 4.69) is 12.2 Å². The standard InChI is InChI=1S/C24H31NO5/c1-5-6-11-28-12-7-10-25-23(26)9-8-18-16(3)20-13-19-15(2)17(4)29-21(19)14-22(20)30-24(18)27/h13-14H,5-12H2,1-4H3,(H,25,26). The second kappa shape index (κ2) is 9.94. The highest BCUT2D eigenvalue weighted by molar-refractivity contribution is 5.96. The maximum Gasteiger partial charge on any atom is 0.339 e. The lowest BCUT2D eigenvalue weighted by atomic mass is 10.0. The van der Waals surface area contributed by atoms with Crippen molar-refractivity contribution in [2.24, 2.45) is 0 Å². The maximum atomic E-state index is 12.5. The first-order valence-corrected chi connectivity index (χ1v) is 10.7. The summed E-state index contributed by atoms with van der Waals surface area (Å²) in [5.41, 5.74) is 3.32. The fourth-order valence-corrected chi connectivity index (χ4v) is 3.59. The highest BCUT2D eigenvalue weighted by Crippen LogP contribution is 2.31. The van der Waals surface area contributed by atoms with Crippen molar-refractivity contribution >= 4 is 27.8 Å². The number of hydrogen-bond acceptors (Lipinski definition) is 5. The van der Waals surface area contributed by atoms with Crippen LogP contribution in [0.2, 0.25) is 0 Å². The van der Waals surface area contributed by atoms with Gasteiger partial charge >= 0.3 is 5.63 Å². The summed E-state index contributed by atoms with van der Waals surface area (Å²) < 4.78 is 16.8. The van der Waals surface area contributed by atoms with Crippen molar-refractivity contribution in [3.05, 3.63) is 45.0 Å². The molecule has 2 heterocycles. The van der Waals surface area contributed by atoms with Crippen molar-refractivity contribution in [3.63, 3.8) is 0 Å². The van der Waals surface area contributed by atoms with Crippen molar-refractivity contribution in [3.8, 4) is 0 Å². The molecular formula is C24H31NO5. The second-order valence-corrected chi connectivity index (χ2v) is 7.79. The minimum atomic E-state index is -0.392. The molecule has 1 aromatic carbocycles. The van der Waals surface area contributed by atoms with E-state index in [9.17, 15) is 9.59 Å². The number of nitrogens with one attached hydrogen (secondary N) is 1. The van der Waals surface area contributed by atoms with Crippen LogP contribution in [0.15, 0.2) is 25.8 Å². The number of amides is 1. The Balaban J connectivity index is 1.64. The third-order valence-electron chi connectivity index (χ3n) is 5.61. The van der Waals surface area contributed by atoms with E-state index < -0.39 is 5.63 Å². The summed E-state index contributed by atoms with van der Waals surface area (Å²) in [5, 5.41) is 4.79. The number of ether oxygens (including phenoxy) is 1. The Morgan fingerprint density at radius 1 is 1.00 bits per heavy atom. The first-order valence-electron chi connectivity index (χ1n) is 10.7. The van der Waals surface area contributed by atoms with Gasteiger partial charge in [-0.1, -0.05) is 13.3 Å². The Bertz CT molecular complexity index is 1090. The van der Waals surface area contributed by atoms with E-state index in [1.54, 1.807) is 6.07 Å². The van der Waals surface area contributed by atoms with Gasteiger partial charge in [0.2, 0.25) is 5.91 Å². The summed E-state index contributed by atoms with van der Waals surface area (Å²) in [5.74, 6) is 0.784. The average molecular weight is 414 g/mol. The molecule has 0 aliphatic rings. The van der Waals surface area contributed by atoms with Gasteiger partial charge in [0, 0.05) is 48.6 Å². The van der Waals surface area contributed by atoms with Gasteiger partial charge in [-0.2, -0.15) is 0 Å². The Morgan fingerprint density at radius 2 is 1.70 bits per heavy atom. The minimum absolute atomic E-state index is 0.0702. The van der Waals surface area contributed by atoms with Crippen LogP contribution in [-0.2, 0) is 16.0 Å². The Morgan fingerprint density at radius 3 is 2.47 bits per heavy atom. The molecule has 0 unspecified atom stereocenters. The molecule has 0 saturated heterocycles. The van der Waals surface area contributed by atoms with Crippen LogP contribution >= 0.6 is 0 Å². The number of hydrogen-bond donors (Lipinski definition) is 1. The van der Waals surface area contributed by atoms with Gasteiger partial charge in [-0.15, -0.1) is 0 Å². The summed E-state index contributed by atoms with van der Waals surface area (Å²) in [4.78, 5) is 24.7. The van der Waals surface area contributed by atoms with E-state index in [1.807, 2.05) is 26.8 Å². The van der Waals surface area contributed by atoms with Crippen molar-refractivity contribution in [2.75, 3.05) is 19.8 Å². The lowest BCUT2D eigenvalue weighted by Crippen LogP contribution is -2.26. The number of rotatable bonds is 10. The van der Waals surface area contributed by atoms with Gasteiger partial charge in [0.1, 0.15) is 16.9 Å². The van der Waals surface area contributed by atoms with Crippen molar-refractivity contribution in [1.82, 2.24) is 5.32 Å². The Kier molecular flexibility index (Phi) is 7.32. The SMILES string of the molecule is CCCCOCCCNC(=O)CCc1c(C)c2cc3c(C)c(C)oc3cc2oc1=O. The molecule has 0 aliphatic carbocycles. The second-order valence-electron chi connectivity index (χ2n) is 7.79. The normalized spacial score (nSPS) is 11.5.